The molecule has 1 aromatic rings. The largest absolute Gasteiger partial charge is 0.392 e. The molecule has 0 bridgehead atoms. The Balaban J connectivity index is 1.85. The number of hydrogen-bond acceptors (Lipinski definition) is 4. The number of hydrogen-bond donors (Lipinski definition) is 3. The Hall–Kier alpha value is -1.43. The van der Waals surface area contributed by atoms with Crippen LogP contribution in [0.3, 0.4) is 0 Å². The molecule has 2 rings (SSSR count). The maximum Gasteiger partial charge on any atom is 0.237 e. The van der Waals surface area contributed by atoms with E-state index in [1.807, 2.05) is 30.3 Å². The van der Waals surface area contributed by atoms with Gasteiger partial charge in [-0.3, -0.25) is 4.79 Å². The Kier molecular flexibility index (Phi) is 4.90. The Morgan fingerprint density at radius 1 is 1.53 bits per heavy atom. The standard InChI is InChI=1S/C14H20N2O3/c1-19-13(10-5-3-2-4-6-10)9-16-14(18)12-7-11(17)8-15-12/h2-6,11-13,15,17H,7-9H2,1H3,(H,16,18)/t11-,12-,13+/m0/s1. The highest BCUT2D eigenvalue weighted by Crippen LogP contribution is 2.15. The molecule has 1 aliphatic heterocycles. The van der Waals surface area contributed by atoms with E-state index < -0.39 is 6.10 Å². The third-order valence-electron chi connectivity index (χ3n) is 3.34. The second kappa shape index (κ2) is 6.65. The second-order valence-corrected chi connectivity index (χ2v) is 4.73. The monoisotopic (exact) mass is 264 g/mol. The second-order valence-electron chi connectivity index (χ2n) is 4.73. The number of benzene rings is 1. The topological polar surface area (TPSA) is 70.6 Å². The van der Waals surface area contributed by atoms with Crippen LogP contribution in [0.1, 0.15) is 18.1 Å². The fraction of sp³-hybridized carbons (Fsp3) is 0.500. The predicted molar refractivity (Wildman–Crippen MR) is 71.6 cm³/mol. The summed E-state index contributed by atoms with van der Waals surface area (Å²) >= 11 is 0. The first-order chi connectivity index (χ1) is 9.20. The zero-order valence-electron chi connectivity index (χ0n) is 11.0. The molecule has 1 aliphatic rings. The molecule has 1 aromatic carbocycles. The summed E-state index contributed by atoms with van der Waals surface area (Å²) in [7, 11) is 1.63. The molecule has 1 amide bonds. The number of aliphatic hydroxyl groups is 1. The van der Waals surface area contributed by atoms with Gasteiger partial charge in [-0.15, -0.1) is 0 Å². The summed E-state index contributed by atoms with van der Waals surface area (Å²) in [5.74, 6) is -0.0884. The number of carbonyl (C=O) groups excluding carboxylic acids is 1. The van der Waals surface area contributed by atoms with Crippen molar-refractivity contribution in [2.45, 2.75) is 24.7 Å². The molecule has 1 fully saturated rings. The quantitative estimate of drug-likeness (QED) is 0.711. The first kappa shape index (κ1) is 14.0. The molecule has 1 heterocycles. The molecule has 0 radical (unpaired) electrons. The molecule has 0 spiro atoms. The van der Waals surface area contributed by atoms with Crippen molar-refractivity contribution in [2.24, 2.45) is 0 Å². The minimum Gasteiger partial charge on any atom is -0.392 e. The highest BCUT2D eigenvalue weighted by atomic mass is 16.5. The molecule has 0 unspecified atom stereocenters. The van der Waals surface area contributed by atoms with Crippen molar-refractivity contribution >= 4 is 5.91 Å². The fourth-order valence-electron chi connectivity index (χ4n) is 2.24. The maximum atomic E-state index is 11.9. The van der Waals surface area contributed by atoms with Gasteiger partial charge in [0.05, 0.1) is 18.2 Å². The van der Waals surface area contributed by atoms with E-state index in [2.05, 4.69) is 10.6 Å². The summed E-state index contributed by atoms with van der Waals surface area (Å²) in [6.45, 7) is 0.901. The predicted octanol–water partition coefficient (Wildman–Crippen LogP) is 0.213. The zero-order chi connectivity index (χ0) is 13.7. The first-order valence-electron chi connectivity index (χ1n) is 6.47. The molecule has 0 aliphatic carbocycles. The van der Waals surface area contributed by atoms with E-state index in [1.165, 1.54) is 0 Å². The molecule has 5 heteroatoms. The highest BCUT2D eigenvalue weighted by Gasteiger charge is 2.28. The van der Waals surface area contributed by atoms with Gasteiger partial charge in [0, 0.05) is 20.2 Å². The van der Waals surface area contributed by atoms with Crippen LogP contribution in [0.4, 0.5) is 0 Å². The minimum atomic E-state index is -0.428. The molecule has 0 saturated carbocycles. The Morgan fingerprint density at radius 2 is 2.26 bits per heavy atom. The number of rotatable bonds is 5. The van der Waals surface area contributed by atoms with Crippen molar-refractivity contribution in [3.8, 4) is 0 Å². The number of amides is 1. The molecular formula is C14H20N2O3. The lowest BCUT2D eigenvalue weighted by molar-refractivity contribution is -0.123. The van der Waals surface area contributed by atoms with Gasteiger partial charge in [0.2, 0.25) is 5.91 Å². The van der Waals surface area contributed by atoms with E-state index in [9.17, 15) is 9.90 Å². The Labute approximate surface area is 113 Å². The van der Waals surface area contributed by atoms with Crippen molar-refractivity contribution in [3.63, 3.8) is 0 Å². The smallest absolute Gasteiger partial charge is 0.237 e. The van der Waals surface area contributed by atoms with Crippen LogP contribution < -0.4 is 10.6 Å². The summed E-state index contributed by atoms with van der Waals surface area (Å²) in [6, 6.07) is 9.47. The third-order valence-corrected chi connectivity index (χ3v) is 3.34. The van der Waals surface area contributed by atoms with E-state index in [1.54, 1.807) is 7.11 Å². The highest BCUT2D eigenvalue weighted by molar-refractivity contribution is 5.82. The van der Waals surface area contributed by atoms with Crippen LogP contribution in [0.25, 0.3) is 0 Å². The van der Waals surface area contributed by atoms with E-state index >= 15 is 0 Å². The van der Waals surface area contributed by atoms with Crippen LogP contribution in [-0.4, -0.2) is 43.4 Å². The van der Waals surface area contributed by atoms with E-state index in [4.69, 9.17) is 4.74 Å². The molecule has 0 aromatic heterocycles. The fourth-order valence-corrected chi connectivity index (χ4v) is 2.24. The van der Waals surface area contributed by atoms with Gasteiger partial charge in [0.1, 0.15) is 0 Å². The Morgan fingerprint density at radius 3 is 2.84 bits per heavy atom. The molecule has 3 atom stereocenters. The summed E-state index contributed by atoms with van der Waals surface area (Å²) in [5.41, 5.74) is 1.03. The van der Waals surface area contributed by atoms with Crippen molar-refractivity contribution in [1.29, 1.82) is 0 Å². The average molecular weight is 264 g/mol. The summed E-state index contributed by atoms with van der Waals surface area (Å²) in [4.78, 5) is 11.9. The molecular weight excluding hydrogens is 244 g/mol. The number of β-amino-alcohol motifs (C(OH)–C–C–N with tert-alkyl or cyclic N) is 1. The lowest BCUT2D eigenvalue weighted by atomic mass is 10.1. The maximum absolute atomic E-state index is 11.9. The van der Waals surface area contributed by atoms with Crippen molar-refractivity contribution < 1.29 is 14.6 Å². The van der Waals surface area contributed by atoms with E-state index in [0.717, 1.165) is 5.56 Å². The molecule has 104 valence electrons. The van der Waals surface area contributed by atoms with Gasteiger partial charge >= 0.3 is 0 Å². The van der Waals surface area contributed by atoms with Gasteiger partial charge in [-0.2, -0.15) is 0 Å². The number of carbonyl (C=O) groups is 1. The van der Waals surface area contributed by atoms with Crippen LogP contribution in [0.15, 0.2) is 30.3 Å². The van der Waals surface area contributed by atoms with E-state index in [0.29, 0.717) is 19.5 Å². The van der Waals surface area contributed by atoms with Crippen LogP contribution >= 0.6 is 0 Å². The van der Waals surface area contributed by atoms with Gasteiger partial charge < -0.3 is 20.5 Å². The Bertz CT molecular complexity index is 410. The number of nitrogens with one attached hydrogen (secondary N) is 2. The third kappa shape index (κ3) is 3.76. The van der Waals surface area contributed by atoms with Gasteiger partial charge in [0.25, 0.3) is 0 Å². The van der Waals surface area contributed by atoms with Crippen LogP contribution in [0.2, 0.25) is 0 Å². The van der Waals surface area contributed by atoms with Gasteiger partial charge in [-0.25, -0.2) is 0 Å². The first-order valence-corrected chi connectivity index (χ1v) is 6.47. The molecule has 19 heavy (non-hydrogen) atoms. The average Bonchev–Trinajstić information content (AvgIpc) is 2.87. The zero-order valence-corrected chi connectivity index (χ0v) is 11.0. The van der Waals surface area contributed by atoms with Crippen molar-refractivity contribution in [2.75, 3.05) is 20.2 Å². The lowest BCUT2D eigenvalue weighted by Crippen LogP contribution is -2.42. The summed E-state index contributed by atoms with van der Waals surface area (Å²) in [5, 5.41) is 15.2. The summed E-state index contributed by atoms with van der Waals surface area (Å²) < 4.78 is 5.39. The number of ether oxygens (including phenoxy) is 1. The molecule has 5 nitrogen and oxygen atoms in total. The molecule has 3 N–H and O–H groups in total. The van der Waals surface area contributed by atoms with Crippen LogP contribution in [0.5, 0.6) is 0 Å². The summed E-state index contributed by atoms with van der Waals surface area (Å²) in [6.07, 6.45) is -0.117. The van der Waals surface area contributed by atoms with Crippen molar-refractivity contribution in [3.05, 3.63) is 35.9 Å². The SMILES string of the molecule is CO[C@H](CNC(=O)[C@@H]1C[C@H](O)CN1)c1ccccc1. The van der Waals surface area contributed by atoms with Crippen LogP contribution in [0, 0.1) is 0 Å². The number of aliphatic hydroxyl groups excluding tert-OH is 1. The number of methoxy groups -OCH3 is 1. The van der Waals surface area contributed by atoms with Gasteiger partial charge in [-0.05, 0) is 12.0 Å². The van der Waals surface area contributed by atoms with E-state index in [-0.39, 0.29) is 18.1 Å². The molecule has 1 saturated heterocycles. The van der Waals surface area contributed by atoms with Gasteiger partial charge in [0.15, 0.2) is 0 Å². The van der Waals surface area contributed by atoms with Crippen LogP contribution in [-0.2, 0) is 9.53 Å². The lowest BCUT2D eigenvalue weighted by Gasteiger charge is -2.18. The van der Waals surface area contributed by atoms with Gasteiger partial charge in [-0.1, -0.05) is 30.3 Å². The van der Waals surface area contributed by atoms with Crippen molar-refractivity contribution in [1.82, 2.24) is 10.6 Å². The minimum absolute atomic E-state index is 0.0884. The normalized spacial score (nSPS) is 24.1.